The van der Waals surface area contributed by atoms with Gasteiger partial charge in [-0.2, -0.15) is 5.10 Å². The van der Waals surface area contributed by atoms with E-state index in [1.54, 1.807) is 10.7 Å². The van der Waals surface area contributed by atoms with E-state index in [1.165, 1.54) is 11.3 Å². The van der Waals surface area contributed by atoms with E-state index >= 15 is 0 Å². The van der Waals surface area contributed by atoms with Crippen LogP contribution in [0.4, 0.5) is 5.13 Å². The molecule has 2 aromatic heterocycles. The van der Waals surface area contributed by atoms with Crippen molar-refractivity contribution in [2.24, 2.45) is 0 Å². The molecule has 0 fully saturated rings. The first-order chi connectivity index (χ1) is 11.6. The summed E-state index contributed by atoms with van der Waals surface area (Å²) in [7, 11) is 0. The molecule has 24 heavy (non-hydrogen) atoms. The summed E-state index contributed by atoms with van der Waals surface area (Å²) < 4.78 is 2.82. The van der Waals surface area contributed by atoms with Crippen molar-refractivity contribution in [1.82, 2.24) is 14.8 Å². The van der Waals surface area contributed by atoms with Gasteiger partial charge in [0.15, 0.2) is 10.8 Å². The molecule has 4 rings (SSSR count). The Morgan fingerprint density at radius 2 is 2.00 bits per heavy atom. The standard InChI is InChI=1S/C18H16N4OS/c1-11(2)22-10-9-14(21-22)17(23)20-18-19-16-13-6-4-3-5-12(13)7-8-15(16)24-18/h3-11H,1-2H3,(H,19,20,23). The number of nitrogens with one attached hydrogen (secondary N) is 1. The Kier molecular flexibility index (Phi) is 3.54. The van der Waals surface area contributed by atoms with Crippen LogP contribution in [-0.4, -0.2) is 20.7 Å². The van der Waals surface area contributed by atoms with Gasteiger partial charge in [0.05, 0.1) is 10.2 Å². The highest BCUT2D eigenvalue weighted by Crippen LogP contribution is 2.31. The zero-order valence-electron chi connectivity index (χ0n) is 13.4. The van der Waals surface area contributed by atoms with Gasteiger partial charge in [-0.3, -0.25) is 14.8 Å². The van der Waals surface area contributed by atoms with Crippen LogP contribution in [0.2, 0.25) is 0 Å². The summed E-state index contributed by atoms with van der Waals surface area (Å²) in [4.78, 5) is 17.0. The van der Waals surface area contributed by atoms with E-state index in [1.807, 2.05) is 44.3 Å². The molecule has 0 aliphatic carbocycles. The fourth-order valence-corrected chi connectivity index (χ4v) is 3.50. The van der Waals surface area contributed by atoms with Crippen molar-refractivity contribution in [3.05, 3.63) is 54.4 Å². The Labute approximate surface area is 142 Å². The third-order valence-electron chi connectivity index (χ3n) is 3.87. The van der Waals surface area contributed by atoms with Crippen LogP contribution in [0, 0.1) is 0 Å². The SMILES string of the molecule is CC(C)n1ccc(C(=O)Nc2nc3c(ccc4ccccc43)s2)n1. The minimum atomic E-state index is -0.238. The van der Waals surface area contributed by atoms with Gasteiger partial charge in [0.1, 0.15) is 0 Å². The second-order valence-electron chi connectivity index (χ2n) is 5.88. The molecule has 0 unspecified atom stereocenters. The van der Waals surface area contributed by atoms with Crippen LogP contribution in [0.1, 0.15) is 30.4 Å². The van der Waals surface area contributed by atoms with Crippen LogP contribution < -0.4 is 5.32 Å². The Hall–Kier alpha value is -2.73. The number of anilines is 1. The van der Waals surface area contributed by atoms with E-state index in [0.717, 1.165) is 21.0 Å². The van der Waals surface area contributed by atoms with Crippen LogP contribution in [0.5, 0.6) is 0 Å². The molecule has 1 amide bonds. The topological polar surface area (TPSA) is 59.8 Å². The molecular weight excluding hydrogens is 320 g/mol. The quantitative estimate of drug-likeness (QED) is 0.600. The number of carbonyl (C=O) groups excluding carboxylic acids is 1. The highest BCUT2D eigenvalue weighted by Gasteiger charge is 2.14. The van der Waals surface area contributed by atoms with Gasteiger partial charge >= 0.3 is 0 Å². The van der Waals surface area contributed by atoms with Crippen LogP contribution in [0.25, 0.3) is 21.0 Å². The molecule has 0 saturated heterocycles. The second-order valence-corrected chi connectivity index (χ2v) is 6.91. The summed E-state index contributed by atoms with van der Waals surface area (Å²) >= 11 is 1.47. The van der Waals surface area contributed by atoms with Gasteiger partial charge in [-0.1, -0.05) is 41.7 Å². The molecule has 120 valence electrons. The maximum Gasteiger partial charge on any atom is 0.277 e. The van der Waals surface area contributed by atoms with E-state index in [9.17, 15) is 4.79 Å². The monoisotopic (exact) mass is 336 g/mol. The third-order valence-corrected chi connectivity index (χ3v) is 4.81. The molecule has 0 aliphatic heterocycles. The number of hydrogen-bond acceptors (Lipinski definition) is 4. The largest absolute Gasteiger partial charge is 0.296 e. The highest BCUT2D eigenvalue weighted by molar-refractivity contribution is 7.22. The van der Waals surface area contributed by atoms with Crippen molar-refractivity contribution in [2.45, 2.75) is 19.9 Å². The van der Waals surface area contributed by atoms with Crippen molar-refractivity contribution in [3.8, 4) is 0 Å². The number of carbonyl (C=O) groups is 1. The van der Waals surface area contributed by atoms with Gasteiger partial charge in [0.25, 0.3) is 5.91 Å². The molecule has 0 bridgehead atoms. The second kappa shape index (κ2) is 5.72. The molecule has 0 aliphatic rings. The Bertz CT molecular complexity index is 1050. The summed E-state index contributed by atoms with van der Waals surface area (Å²) in [5.74, 6) is -0.238. The third kappa shape index (κ3) is 2.55. The molecular formula is C18H16N4OS. The number of aromatic nitrogens is 3. The molecule has 4 aromatic rings. The van der Waals surface area contributed by atoms with Crippen molar-refractivity contribution in [2.75, 3.05) is 5.32 Å². The summed E-state index contributed by atoms with van der Waals surface area (Å²) in [6.45, 7) is 4.04. The van der Waals surface area contributed by atoms with Crippen molar-refractivity contribution in [1.29, 1.82) is 0 Å². The number of nitrogens with zero attached hydrogens (tertiary/aromatic N) is 3. The summed E-state index contributed by atoms with van der Waals surface area (Å²) in [6.07, 6.45) is 1.81. The molecule has 5 nitrogen and oxygen atoms in total. The zero-order valence-corrected chi connectivity index (χ0v) is 14.2. The molecule has 2 heterocycles. The predicted octanol–water partition coefficient (Wildman–Crippen LogP) is 4.48. The smallest absolute Gasteiger partial charge is 0.277 e. The van der Waals surface area contributed by atoms with Crippen LogP contribution in [0.3, 0.4) is 0 Å². The normalized spacial score (nSPS) is 11.5. The fourth-order valence-electron chi connectivity index (χ4n) is 2.62. The molecule has 2 aromatic carbocycles. The van der Waals surface area contributed by atoms with Gasteiger partial charge in [-0.25, -0.2) is 4.98 Å². The minimum absolute atomic E-state index is 0.223. The predicted molar refractivity (Wildman–Crippen MR) is 97.7 cm³/mol. The average molecular weight is 336 g/mol. The lowest BCUT2D eigenvalue weighted by molar-refractivity contribution is 0.102. The zero-order chi connectivity index (χ0) is 16.7. The maximum absolute atomic E-state index is 12.4. The maximum atomic E-state index is 12.4. The van der Waals surface area contributed by atoms with Crippen molar-refractivity contribution >= 4 is 43.4 Å². The number of hydrogen-bond donors (Lipinski definition) is 1. The first-order valence-electron chi connectivity index (χ1n) is 7.76. The first kappa shape index (κ1) is 14.8. The Morgan fingerprint density at radius 1 is 1.17 bits per heavy atom. The van der Waals surface area contributed by atoms with Gasteiger partial charge in [0, 0.05) is 17.6 Å². The molecule has 6 heteroatoms. The average Bonchev–Trinajstić information content (AvgIpc) is 3.21. The van der Waals surface area contributed by atoms with E-state index in [2.05, 4.69) is 27.5 Å². The first-order valence-corrected chi connectivity index (χ1v) is 8.58. The molecule has 0 atom stereocenters. The van der Waals surface area contributed by atoms with Crippen LogP contribution in [-0.2, 0) is 0 Å². The molecule has 0 spiro atoms. The van der Waals surface area contributed by atoms with Crippen LogP contribution in [0.15, 0.2) is 48.7 Å². The lowest BCUT2D eigenvalue weighted by Gasteiger charge is -2.03. The van der Waals surface area contributed by atoms with Gasteiger partial charge in [-0.05, 0) is 31.4 Å². The number of fused-ring (bicyclic) bond motifs is 3. The summed E-state index contributed by atoms with van der Waals surface area (Å²) in [6, 6.07) is 14.2. The van der Waals surface area contributed by atoms with E-state index in [4.69, 9.17) is 0 Å². The lowest BCUT2D eigenvalue weighted by atomic mass is 10.1. The molecule has 0 saturated carbocycles. The Balaban J connectivity index is 1.66. The van der Waals surface area contributed by atoms with Gasteiger partial charge < -0.3 is 0 Å². The highest BCUT2D eigenvalue weighted by atomic mass is 32.1. The van der Waals surface area contributed by atoms with Crippen molar-refractivity contribution in [3.63, 3.8) is 0 Å². The Morgan fingerprint density at radius 3 is 2.79 bits per heavy atom. The van der Waals surface area contributed by atoms with Crippen LogP contribution >= 0.6 is 11.3 Å². The fraction of sp³-hybridized carbons (Fsp3) is 0.167. The summed E-state index contributed by atoms with van der Waals surface area (Å²) in [5.41, 5.74) is 1.31. The van der Waals surface area contributed by atoms with E-state index in [0.29, 0.717) is 10.8 Å². The number of amides is 1. The minimum Gasteiger partial charge on any atom is -0.296 e. The number of thiazole rings is 1. The van der Waals surface area contributed by atoms with E-state index < -0.39 is 0 Å². The molecule has 1 N–H and O–H groups in total. The number of benzene rings is 2. The number of rotatable bonds is 3. The summed E-state index contributed by atoms with van der Waals surface area (Å²) in [5, 5.41) is 9.97. The van der Waals surface area contributed by atoms with E-state index in [-0.39, 0.29) is 11.9 Å². The lowest BCUT2D eigenvalue weighted by Crippen LogP contribution is -2.13. The van der Waals surface area contributed by atoms with Gasteiger partial charge in [-0.15, -0.1) is 0 Å². The van der Waals surface area contributed by atoms with Crippen molar-refractivity contribution < 1.29 is 4.79 Å². The molecule has 0 radical (unpaired) electrons. The van der Waals surface area contributed by atoms with Gasteiger partial charge in [0.2, 0.25) is 0 Å².